The highest BCUT2D eigenvalue weighted by atomic mass is 16.5. The van der Waals surface area contributed by atoms with Crippen LogP contribution in [0.15, 0.2) is 30.5 Å². The van der Waals surface area contributed by atoms with Crippen molar-refractivity contribution < 1.29 is 9.53 Å². The van der Waals surface area contributed by atoms with Crippen LogP contribution >= 0.6 is 0 Å². The molecule has 0 aliphatic rings. The number of aromatic nitrogens is 2. The largest absolute Gasteiger partial charge is 0.462 e. The molecule has 1 aromatic heterocycles. The fourth-order valence-electron chi connectivity index (χ4n) is 1.90. The van der Waals surface area contributed by atoms with Gasteiger partial charge in [-0.1, -0.05) is 31.2 Å². The van der Waals surface area contributed by atoms with E-state index >= 15 is 0 Å². The number of carbonyl (C=O) groups excluding carboxylic acids is 1. The van der Waals surface area contributed by atoms with Crippen molar-refractivity contribution in [1.82, 2.24) is 9.97 Å². The maximum absolute atomic E-state index is 11.7. The molecule has 0 fully saturated rings. The quantitative estimate of drug-likeness (QED) is 0.801. The van der Waals surface area contributed by atoms with Crippen LogP contribution < -0.4 is 0 Å². The minimum Gasteiger partial charge on any atom is -0.462 e. The molecular formula is C16H18N2O2. The summed E-state index contributed by atoms with van der Waals surface area (Å²) < 4.78 is 4.97. The lowest BCUT2D eigenvalue weighted by atomic mass is 10.1. The van der Waals surface area contributed by atoms with Gasteiger partial charge in [0.1, 0.15) is 0 Å². The van der Waals surface area contributed by atoms with Crippen molar-refractivity contribution in [3.63, 3.8) is 0 Å². The molecule has 0 N–H and O–H groups in total. The van der Waals surface area contributed by atoms with Gasteiger partial charge in [-0.3, -0.25) is 0 Å². The molecule has 0 saturated carbocycles. The van der Waals surface area contributed by atoms with Crippen LogP contribution in [0.2, 0.25) is 0 Å². The van der Waals surface area contributed by atoms with Crippen molar-refractivity contribution in [2.24, 2.45) is 0 Å². The van der Waals surface area contributed by atoms with E-state index in [1.54, 1.807) is 13.8 Å². The molecule has 0 unspecified atom stereocenters. The third kappa shape index (κ3) is 3.02. The molecule has 1 heterocycles. The fraction of sp³-hybridized carbons (Fsp3) is 0.312. The van der Waals surface area contributed by atoms with E-state index in [1.807, 2.05) is 12.1 Å². The first-order valence-electron chi connectivity index (χ1n) is 6.75. The number of benzene rings is 1. The average molecular weight is 270 g/mol. The summed E-state index contributed by atoms with van der Waals surface area (Å²) in [5.41, 5.74) is 3.27. The number of nitrogens with zero attached hydrogens (tertiary/aromatic N) is 2. The van der Waals surface area contributed by atoms with Crippen LogP contribution in [0.5, 0.6) is 0 Å². The lowest BCUT2D eigenvalue weighted by Gasteiger charge is -2.07. The van der Waals surface area contributed by atoms with Gasteiger partial charge in [0, 0.05) is 11.8 Å². The molecule has 0 bridgehead atoms. The van der Waals surface area contributed by atoms with E-state index in [0.29, 0.717) is 23.7 Å². The van der Waals surface area contributed by atoms with Gasteiger partial charge >= 0.3 is 5.97 Å². The maximum atomic E-state index is 11.7. The Bertz CT molecular complexity index is 606. The number of rotatable bonds is 4. The molecule has 104 valence electrons. The lowest BCUT2D eigenvalue weighted by Crippen LogP contribution is -2.09. The molecule has 0 amide bonds. The normalized spacial score (nSPS) is 10.3. The Morgan fingerprint density at radius 3 is 2.45 bits per heavy atom. The SMILES string of the molecule is CCOC(=O)c1cnc(-c2ccc(CC)cc2)nc1C. The topological polar surface area (TPSA) is 52.1 Å². The number of carbonyl (C=O) groups is 1. The van der Waals surface area contributed by atoms with Gasteiger partial charge in [0.2, 0.25) is 0 Å². The molecule has 2 aromatic rings. The van der Waals surface area contributed by atoms with E-state index in [9.17, 15) is 4.79 Å². The first kappa shape index (κ1) is 14.2. The summed E-state index contributed by atoms with van der Waals surface area (Å²) in [6, 6.07) is 8.12. The highest BCUT2D eigenvalue weighted by molar-refractivity contribution is 5.90. The molecule has 4 heteroatoms. The zero-order valence-electron chi connectivity index (χ0n) is 12.0. The Morgan fingerprint density at radius 2 is 1.90 bits per heavy atom. The van der Waals surface area contributed by atoms with E-state index in [-0.39, 0.29) is 5.97 Å². The van der Waals surface area contributed by atoms with Gasteiger partial charge in [-0.25, -0.2) is 14.8 Å². The van der Waals surface area contributed by atoms with Crippen molar-refractivity contribution in [3.05, 3.63) is 47.3 Å². The monoisotopic (exact) mass is 270 g/mol. The standard InChI is InChI=1S/C16H18N2O2/c1-4-12-6-8-13(9-7-12)15-17-10-14(11(3)18-15)16(19)20-5-2/h6-10H,4-5H2,1-3H3. The molecule has 4 nitrogen and oxygen atoms in total. The van der Waals surface area contributed by atoms with E-state index in [1.165, 1.54) is 11.8 Å². The summed E-state index contributed by atoms with van der Waals surface area (Å²) >= 11 is 0. The van der Waals surface area contributed by atoms with E-state index < -0.39 is 0 Å². The summed E-state index contributed by atoms with van der Waals surface area (Å²) in [6.45, 7) is 6.03. The summed E-state index contributed by atoms with van der Waals surface area (Å²) in [4.78, 5) is 20.3. The molecular weight excluding hydrogens is 252 g/mol. The Labute approximate surface area is 118 Å². The van der Waals surface area contributed by atoms with Gasteiger partial charge < -0.3 is 4.74 Å². The second-order valence-electron chi connectivity index (χ2n) is 4.46. The highest BCUT2D eigenvalue weighted by Crippen LogP contribution is 2.17. The minimum absolute atomic E-state index is 0.346. The zero-order valence-corrected chi connectivity index (χ0v) is 12.0. The Kier molecular flexibility index (Phi) is 4.45. The summed E-state index contributed by atoms with van der Waals surface area (Å²) in [7, 11) is 0. The molecule has 2 rings (SSSR count). The fourth-order valence-corrected chi connectivity index (χ4v) is 1.90. The highest BCUT2D eigenvalue weighted by Gasteiger charge is 2.13. The molecule has 0 spiro atoms. The predicted octanol–water partition coefficient (Wildman–Crippen LogP) is 3.19. The van der Waals surface area contributed by atoms with Crippen molar-refractivity contribution in [1.29, 1.82) is 0 Å². The molecule has 0 atom stereocenters. The molecule has 0 aliphatic carbocycles. The first-order chi connectivity index (χ1) is 9.65. The van der Waals surface area contributed by atoms with E-state index in [2.05, 4.69) is 29.0 Å². The summed E-state index contributed by atoms with van der Waals surface area (Å²) in [6.07, 6.45) is 2.53. The second-order valence-corrected chi connectivity index (χ2v) is 4.46. The molecule has 0 saturated heterocycles. The van der Waals surface area contributed by atoms with Gasteiger partial charge in [0.05, 0.1) is 17.9 Å². The Balaban J connectivity index is 2.30. The minimum atomic E-state index is -0.377. The summed E-state index contributed by atoms with van der Waals surface area (Å²) in [5.74, 6) is 0.246. The van der Waals surface area contributed by atoms with Crippen LogP contribution in [0.1, 0.15) is 35.5 Å². The van der Waals surface area contributed by atoms with Crippen molar-refractivity contribution in [2.75, 3.05) is 6.61 Å². The lowest BCUT2D eigenvalue weighted by molar-refractivity contribution is 0.0524. The first-order valence-corrected chi connectivity index (χ1v) is 6.75. The Hall–Kier alpha value is -2.23. The number of hydrogen-bond donors (Lipinski definition) is 0. The predicted molar refractivity (Wildman–Crippen MR) is 77.5 cm³/mol. The van der Waals surface area contributed by atoms with Crippen LogP contribution in [0, 0.1) is 6.92 Å². The van der Waals surface area contributed by atoms with Crippen molar-refractivity contribution >= 4 is 5.97 Å². The smallest absolute Gasteiger partial charge is 0.341 e. The van der Waals surface area contributed by atoms with Crippen LogP contribution in [-0.4, -0.2) is 22.5 Å². The number of hydrogen-bond acceptors (Lipinski definition) is 4. The maximum Gasteiger partial charge on any atom is 0.341 e. The third-order valence-electron chi connectivity index (χ3n) is 3.10. The number of aryl methyl sites for hydroxylation is 2. The van der Waals surface area contributed by atoms with Crippen molar-refractivity contribution in [2.45, 2.75) is 27.2 Å². The van der Waals surface area contributed by atoms with Crippen LogP contribution in [-0.2, 0) is 11.2 Å². The van der Waals surface area contributed by atoms with Gasteiger partial charge in [-0.05, 0) is 25.8 Å². The third-order valence-corrected chi connectivity index (χ3v) is 3.10. The average Bonchev–Trinajstić information content (AvgIpc) is 2.47. The van der Waals surface area contributed by atoms with Gasteiger partial charge in [-0.15, -0.1) is 0 Å². The molecule has 20 heavy (non-hydrogen) atoms. The zero-order chi connectivity index (χ0) is 14.5. The molecule has 0 aliphatic heterocycles. The van der Waals surface area contributed by atoms with Crippen molar-refractivity contribution in [3.8, 4) is 11.4 Å². The molecule has 0 radical (unpaired) electrons. The van der Waals surface area contributed by atoms with Gasteiger partial charge in [0.25, 0.3) is 0 Å². The van der Waals surface area contributed by atoms with Crippen LogP contribution in [0.3, 0.4) is 0 Å². The van der Waals surface area contributed by atoms with Crippen LogP contribution in [0.4, 0.5) is 0 Å². The Morgan fingerprint density at radius 1 is 1.20 bits per heavy atom. The van der Waals surface area contributed by atoms with E-state index in [0.717, 1.165) is 12.0 Å². The van der Waals surface area contributed by atoms with Gasteiger partial charge in [0.15, 0.2) is 5.82 Å². The van der Waals surface area contributed by atoms with Gasteiger partial charge in [-0.2, -0.15) is 0 Å². The van der Waals surface area contributed by atoms with Crippen LogP contribution in [0.25, 0.3) is 11.4 Å². The summed E-state index contributed by atoms with van der Waals surface area (Å²) in [5, 5.41) is 0. The number of ether oxygens (including phenoxy) is 1. The number of esters is 1. The second kappa shape index (κ2) is 6.28. The van der Waals surface area contributed by atoms with E-state index in [4.69, 9.17) is 4.74 Å². The molecule has 1 aromatic carbocycles.